The zero-order valence-corrected chi connectivity index (χ0v) is 25.9. The van der Waals surface area contributed by atoms with E-state index in [9.17, 15) is 24.6 Å². The summed E-state index contributed by atoms with van der Waals surface area (Å²) < 4.78 is 18.3. The minimum absolute atomic E-state index is 0.00134. The quantitative estimate of drug-likeness (QED) is 0.280. The molecule has 0 amide bonds. The van der Waals surface area contributed by atoms with Crippen LogP contribution in [0.25, 0.3) is 0 Å². The van der Waals surface area contributed by atoms with Crippen molar-refractivity contribution in [1.29, 1.82) is 0 Å². The molecule has 11 heteroatoms. The Labute approximate surface area is 258 Å². The van der Waals surface area contributed by atoms with Crippen molar-refractivity contribution in [2.75, 3.05) is 19.8 Å². The van der Waals surface area contributed by atoms with Gasteiger partial charge in [0.2, 0.25) is 0 Å². The molecular weight excluding hydrogens is 566 g/mol. The number of carbonyl (C=O) groups is 3. The van der Waals surface area contributed by atoms with E-state index in [1.807, 2.05) is 6.92 Å². The molecular formula is C33H47N3O8. The first kappa shape index (κ1) is 31.2. The Morgan fingerprint density at radius 3 is 2.70 bits per heavy atom. The first-order valence-corrected chi connectivity index (χ1v) is 16.4. The molecule has 242 valence electrons. The third kappa shape index (κ3) is 5.71. The maximum atomic E-state index is 14.0. The molecule has 4 aliphatic carbocycles. The number of H-pyrrole nitrogens is 1. The number of aromatic amines is 1. The van der Waals surface area contributed by atoms with Crippen LogP contribution in [0, 0.1) is 52.8 Å². The summed E-state index contributed by atoms with van der Waals surface area (Å²) in [6.45, 7) is 8.01. The summed E-state index contributed by atoms with van der Waals surface area (Å²) >= 11 is 0. The Morgan fingerprint density at radius 1 is 1.18 bits per heavy atom. The standard InChI is InChI=1S/C33H47N3O8/c1-17(2)10-19-4-5-21-20-6-7-23-22-15-42-16-33(23,24(20)11-25(37)29(21)28(19)31(38)39)12-26(44-32(40)41)30(22)43-14-18(3)36-13-27-34-8-9-35-27/h8-9,11,17-23,26,28-30,36H,4-7,10,12-16H2,1-3H3,(H,34,35)(H,38,39)(H,40,41)/t18?,19?,20?,21?,22?,23?,26-,28-,29?,30-,33-/m1/s1. The van der Waals surface area contributed by atoms with Gasteiger partial charge in [0.15, 0.2) is 5.78 Å². The van der Waals surface area contributed by atoms with Gasteiger partial charge in [-0.3, -0.25) is 9.59 Å². The summed E-state index contributed by atoms with van der Waals surface area (Å²) in [6.07, 6.45) is 7.39. The van der Waals surface area contributed by atoms with Crippen LogP contribution in [0.4, 0.5) is 4.79 Å². The third-order valence-corrected chi connectivity index (χ3v) is 11.4. The fourth-order valence-corrected chi connectivity index (χ4v) is 9.87. The van der Waals surface area contributed by atoms with Gasteiger partial charge < -0.3 is 34.7 Å². The number of rotatable bonds is 10. The van der Waals surface area contributed by atoms with Gasteiger partial charge in [-0.25, -0.2) is 9.78 Å². The van der Waals surface area contributed by atoms with Crippen molar-refractivity contribution in [2.45, 2.75) is 84.1 Å². The number of carbonyl (C=O) groups excluding carboxylic acids is 1. The Hall–Kier alpha value is -2.76. The van der Waals surface area contributed by atoms with Gasteiger partial charge in [0.1, 0.15) is 11.9 Å². The van der Waals surface area contributed by atoms with Gasteiger partial charge in [0.05, 0.1) is 38.4 Å². The number of allylic oxidation sites excluding steroid dienone is 1. The number of imidazole rings is 1. The number of carboxylic acids is 1. The van der Waals surface area contributed by atoms with Crippen LogP contribution in [0.5, 0.6) is 0 Å². The predicted octanol–water partition coefficient (Wildman–Crippen LogP) is 4.30. The monoisotopic (exact) mass is 613 g/mol. The van der Waals surface area contributed by atoms with Crippen LogP contribution >= 0.6 is 0 Å². The molecule has 0 aromatic carbocycles. The van der Waals surface area contributed by atoms with Crippen LogP contribution in [0.3, 0.4) is 0 Å². The molecule has 2 heterocycles. The number of nitrogens with one attached hydrogen (secondary N) is 2. The van der Waals surface area contributed by atoms with Crippen molar-refractivity contribution >= 4 is 17.9 Å². The van der Waals surface area contributed by atoms with Crippen LogP contribution < -0.4 is 5.32 Å². The highest BCUT2D eigenvalue weighted by Crippen LogP contribution is 2.64. The molecule has 6 rings (SSSR count). The molecule has 3 saturated carbocycles. The number of hydrogen-bond donors (Lipinski definition) is 4. The van der Waals surface area contributed by atoms with Crippen LogP contribution in [-0.2, 0) is 30.3 Å². The molecule has 0 radical (unpaired) electrons. The molecule has 11 nitrogen and oxygen atoms in total. The maximum Gasteiger partial charge on any atom is 0.506 e. The van der Waals surface area contributed by atoms with Crippen LogP contribution in [-0.4, -0.2) is 76.2 Å². The van der Waals surface area contributed by atoms with Crippen LogP contribution in [0.1, 0.15) is 65.1 Å². The van der Waals surface area contributed by atoms with Gasteiger partial charge in [-0.2, -0.15) is 0 Å². The number of ether oxygens (including phenoxy) is 3. The van der Waals surface area contributed by atoms with Crippen molar-refractivity contribution in [3.8, 4) is 0 Å². The molecule has 1 aromatic heterocycles. The lowest BCUT2D eigenvalue weighted by atomic mass is 9.45. The predicted molar refractivity (Wildman–Crippen MR) is 158 cm³/mol. The smallest absolute Gasteiger partial charge is 0.481 e. The first-order valence-electron chi connectivity index (χ1n) is 16.4. The van der Waals surface area contributed by atoms with Crippen molar-refractivity contribution < 1.29 is 38.8 Å². The number of nitrogens with zero attached hydrogens (tertiary/aromatic N) is 1. The van der Waals surface area contributed by atoms with Crippen LogP contribution in [0.15, 0.2) is 24.0 Å². The molecule has 4 N–H and O–H groups in total. The lowest BCUT2D eigenvalue weighted by Crippen LogP contribution is -2.64. The highest BCUT2D eigenvalue weighted by molar-refractivity contribution is 5.97. The number of fused-ring (bicyclic) bond motifs is 3. The Morgan fingerprint density at radius 2 is 2.00 bits per heavy atom. The topological polar surface area (TPSA) is 160 Å². The van der Waals surface area contributed by atoms with Gasteiger partial charge >= 0.3 is 12.1 Å². The summed E-state index contributed by atoms with van der Waals surface area (Å²) in [6, 6.07) is -0.0129. The molecule has 44 heavy (non-hydrogen) atoms. The van der Waals surface area contributed by atoms with Gasteiger partial charge in [0, 0.05) is 35.7 Å². The van der Waals surface area contributed by atoms with Gasteiger partial charge in [-0.1, -0.05) is 19.4 Å². The lowest BCUT2D eigenvalue weighted by Gasteiger charge is -2.62. The molecule has 5 aliphatic rings. The highest BCUT2D eigenvalue weighted by atomic mass is 16.7. The average molecular weight is 614 g/mol. The molecule has 4 fully saturated rings. The van der Waals surface area contributed by atoms with E-state index in [0.29, 0.717) is 38.7 Å². The number of carboxylic acid groups (broad SMARTS) is 2. The van der Waals surface area contributed by atoms with Gasteiger partial charge in [-0.15, -0.1) is 0 Å². The number of hydrogen-bond acceptors (Lipinski definition) is 8. The molecule has 1 aromatic rings. The largest absolute Gasteiger partial charge is 0.506 e. The summed E-state index contributed by atoms with van der Waals surface area (Å²) in [7, 11) is 0. The molecule has 7 unspecified atom stereocenters. The van der Waals surface area contributed by atoms with E-state index in [1.54, 1.807) is 18.5 Å². The normalized spacial score (nSPS) is 38.6. The fraction of sp³-hybridized carbons (Fsp3) is 0.758. The Balaban J connectivity index is 1.25. The minimum atomic E-state index is -1.34. The molecule has 1 aliphatic heterocycles. The van der Waals surface area contributed by atoms with Gasteiger partial charge in [-0.05, 0) is 81.1 Å². The van der Waals surface area contributed by atoms with Gasteiger partial charge in [0.25, 0.3) is 0 Å². The van der Waals surface area contributed by atoms with E-state index in [2.05, 4.69) is 29.1 Å². The van der Waals surface area contributed by atoms with Crippen molar-refractivity contribution in [3.05, 3.63) is 29.9 Å². The average Bonchev–Trinajstić information content (AvgIpc) is 3.48. The van der Waals surface area contributed by atoms with E-state index in [4.69, 9.17) is 14.2 Å². The van der Waals surface area contributed by atoms with Crippen molar-refractivity contribution in [2.24, 2.45) is 52.8 Å². The van der Waals surface area contributed by atoms with Crippen LogP contribution in [0.2, 0.25) is 0 Å². The van der Waals surface area contributed by atoms with E-state index < -0.39 is 41.6 Å². The lowest BCUT2D eigenvalue weighted by molar-refractivity contribution is -0.218. The Bertz CT molecular complexity index is 1250. The zero-order chi connectivity index (χ0) is 31.2. The Kier molecular flexibility index (Phi) is 8.91. The van der Waals surface area contributed by atoms with Crippen molar-refractivity contribution in [1.82, 2.24) is 15.3 Å². The summed E-state index contributed by atoms with van der Waals surface area (Å²) in [5.74, 6) is -0.756. The maximum absolute atomic E-state index is 14.0. The molecule has 1 saturated heterocycles. The molecule has 2 bridgehead atoms. The van der Waals surface area contributed by atoms with E-state index in [-0.39, 0.29) is 41.4 Å². The second kappa shape index (κ2) is 12.6. The number of aliphatic carboxylic acids is 1. The number of ketones is 1. The summed E-state index contributed by atoms with van der Waals surface area (Å²) in [5, 5.41) is 23.5. The first-order chi connectivity index (χ1) is 21.1. The van der Waals surface area contributed by atoms with Crippen molar-refractivity contribution in [3.63, 3.8) is 0 Å². The summed E-state index contributed by atoms with van der Waals surface area (Å²) in [4.78, 5) is 45.8. The SMILES string of the molecule is CC(C)CC1CCC2C3CCC4C5COC[C@@]4(C[C@@H](OC(=O)O)[C@@H]5OCC(C)NCc4ncc[nH]4)C3=CC(=O)C2[C@@H]1C(=O)O. The van der Waals surface area contributed by atoms with E-state index in [1.165, 1.54) is 0 Å². The highest BCUT2D eigenvalue weighted by Gasteiger charge is 2.64. The van der Waals surface area contributed by atoms with E-state index >= 15 is 0 Å². The number of aromatic nitrogens is 2. The summed E-state index contributed by atoms with van der Waals surface area (Å²) in [5.41, 5.74) is 0.519. The second-order valence-corrected chi connectivity index (χ2v) is 14.4. The van der Waals surface area contributed by atoms with E-state index in [0.717, 1.165) is 43.5 Å². The third-order valence-electron chi connectivity index (χ3n) is 11.4. The second-order valence-electron chi connectivity index (χ2n) is 14.4. The fourth-order valence-electron chi connectivity index (χ4n) is 9.87. The molecule has 11 atom stereocenters. The minimum Gasteiger partial charge on any atom is -0.481 e. The zero-order valence-electron chi connectivity index (χ0n) is 25.9. The molecule has 0 spiro atoms.